The van der Waals surface area contributed by atoms with Crippen LogP contribution in [0.5, 0.6) is 0 Å². The van der Waals surface area contributed by atoms with Crippen molar-refractivity contribution in [2.24, 2.45) is 5.92 Å². The van der Waals surface area contributed by atoms with Crippen LogP contribution in [0.4, 0.5) is 5.69 Å². The monoisotopic (exact) mass is 261 g/mol. The largest absolute Gasteiger partial charge is 0.359 e. The number of ether oxygens (including phenoxy) is 1. The number of unbranched alkanes of at least 4 members (excludes halogenated alkanes) is 1. The molecule has 19 heavy (non-hydrogen) atoms. The molecule has 2 unspecified atom stereocenters. The SMILES string of the molecule is CCCCC1CCCN(c2ccccc2)C1(C)OC. The molecule has 0 aromatic heterocycles. The number of piperidine rings is 1. The molecule has 0 spiro atoms. The van der Waals surface area contributed by atoms with Gasteiger partial charge in [-0.25, -0.2) is 0 Å². The number of benzene rings is 1. The van der Waals surface area contributed by atoms with Gasteiger partial charge in [-0.3, -0.25) is 0 Å². The second-order valence-corrected chi connectivity index (χ2v) is 5.73. The van der Waals surface area contributed by atoms with Gasteiger partial charge in [-0.15, -0.1) is 0 Å². The minimum absolute atomic E-state index is 0.158. The Labute approximate surface area is 117 Å². The summed E-state index contributed by atoms with van der Waals surface area (Å²) in [6.45, 7) is 5.62. The molecule has 1 aromatic rings. The first-order valence-electron chi connectivity index (χ1n) is 7.60. The maximum atomic E-state index is 5.98. The van der Waals surface area contributed by atoms with Gasteiger partial charge in [0.1, 0.15) is 5.72 Å². The summed E-state index contributed by atoms with van der Waals surface area (Å²) in [6, 6.07) is 10.7. The van der Waals surface area contributed by atoms with Crippen molar-refractivity contribution in [3.63, 3.8) is 0 Å². The summed E-state index contributed by atoms with van der Waals surface area (Å²) in [7, 11) is 1.86. The minimum Gasteiger partial charge on any atom is -0.359 e. The van der Waals surface area contributed by atoms with Gasteiger partial charge in [0.2, 0.25) is 0 Å². The van der Waals surface area contributed by atoms with Gasteiger partial charge in [0.15, 0.2) is 0 Å². The third-order valence-electron chi connectivity index (χ3n) is 4.62. The number of rotatable bonds is 5. The van der Waals surface area contributed by atoms with Gasteiger partial charge in [-0.1, -0.05) is 38.0 Å². The van der Waals surface area contributed by atoms with Gasteiger partial charge in [0.25, 0.3) is 0 Å². The van der Waals surface area contributed by atoms with Crippen LogP contribution in [0.2, 0.25) is 0 Å². The van der Waals surface area contributed by atoms with E-state index in [2.05, 4.69) is 49.1 Å². The summed E-state index contributed by atoms with van der Waals surface area (Å²) in [5, 5.41) is 0. The van der Waals surface area contributed by atoms with Gasteiger partial charge in [-0.05, 0) is 38.3 Å². The second-order valence-electron chi connectivity index (χ2n) is 5.73. The smallest absolute Gasteiger partial charge is 0.140 e. The average molecular weight is 261 g/mol. The lowest BCUT2D eigenvalue weighted by Crippen LogP contribution is -2.57. The Morgan fingerprint density at radius 3 is 2.68 bits per heavy atom. The van der Waals surface area contributed by atoms with E-state index in [0.29, 0.717) is 5.92 Å². The number of para-hydroxylation sites is 1. The van der Waals surface area contributed by atoms with E-state index in [1.807, 2.05) is 7.11 Å². The number of nitrogens with zero attached hydrogens (tertiary/aromatic N) is 1. The fourth-order valence-corrected chi connectivity index (χ4v) is 3.34. The minimum atomic E-state index is -0.158. The predicted molar refractivity (Wildman–Crippen MR) is 81.5 cm³/mol. The van der Waals surface area contributed by atoms with Crippen LogP contribution < -0.4 is 4.90 Å². The second kappa shape index (κ2) is 6.42. The van der Waals surface area contributed by atoms with E-state index in [9.17, 15) is 0 Å². The molecule has 0 radical (unpaired) electrons. The summed E-state index contributed by atoms with van der Waals surface area (Å²) in [5.41, 5.74) is 1.13. The average Bonchev–Trinajstić information content (AvgIpc) is 2.47. The Kier molecular flexibility index (Phi) is 4.87. The van der Waals surface area contributed by atoms with Crippen LogP contribution in [0.3, 0.4) is 0 Å². The summed E-state index contributed by atoms with van der Waals surface area (Å²) in [5.74, 6) is 0.631. The van der Waals surface area contributed by atoms with Crippen molar-refractivity contribution < 1.29 is 4.74 Å². The zero-order chi connectivity index (χ0) is 13.7. The van der Waals surface area contributed by atoms with Crippen molar-refractivity contribution in [1.82, 2.24) is 0 Å². The van der Waals surface area contributed by atoms with Crippen LogP contribution in [0, 0.1) is 5.92 Å². The molecule has 0 amide bonds. The van der Waals surface area contributed by atoms with Crippen molar-refractivity contribution in [2.45, 2.75) is 51.7 Å². The van der Waals surface area contributed by atoms with Crippen molar-refractivity contribution >= 4 is 5.69 Å². The van der Waals surface area contributed by atoms with E-state index < -0.39 is 0 Å². The van der Waals surface area contributed by atoms with Crippen LogP contribution >= 0.6 is 0 Å². The fraction of sp³-hybridized carbons (Fsp3) is 0.647. The normalized spacial score (nSPS) is 27.5. The Morgan fingerprint density at radius 1 is 1.32 bits per heavy atom. The van der Waals surface area contributed by atoms with Crippen LogP contribution in [0.15, 0.2) is 30.3 Å². The van der Waals surface area contributed by atoms with Crippen molar-refractivity contribution in [1.29, 1.82) is 0 Å². The summed E-state index contributed by atoms with van der Waals surface area (Å²) < 4.78 is 5.98. The molecule has 1 fully saturated rings. The lowest BCUT2D eigenvalue weighted by atomic mass is 9.82. The lowest BCUT2D eigenvalue weighted by Gasteiger charge is -2.50. The van der Waals surface area contributed by atoms with E-state index >= 15 is 0 Å². The van der Waals surface area contributed by atoms with E-state index in [1.54, 1.807) is 0 Å². The quantitative estimate of drug-likeness (QED) is 0.776. The van der Waals surface area contributed by atoms with Crippen molar-refractivity contribution in [2.75, 3.05) is 18.6 Å². The molecule has 0 bridgehead atoms. The predicted octanol–water partition coefficient (Wildman–Crippen LogP) is 4.46. The number of anilines is 1. The van der Waals surface area contributed by atoms with E-state index in [1.165, 1.54) is 37.8 Å². The van der Waals surface area contributed by atoms with Gasteiger partial charge < -0.3 is 9.64 Å². The molecular formula is C17H27NO. The van der Waals surface area contributed by atoms with Gasteiger partial charge in [0, 0.05) is 25.3 Å². The molecule has 2 heteroatoms. The first kappa shape index (κ1) is 14.4. The third-order valence-corrected chi connectivity index (χ3v) is 4.62. The molecule has 0 saturated carbocycles. The number of hydrogen-bond acceptors (Lipinski definition) is 2. The Balaban J connectivity index is 2.22. The van der Waals surface area contributed by atoms with Crippen LogP contribution in [-0.4, -0.2) is 19.4 Å². The van der Waals surface area contributed by atoms with Crippen molar-refractivity contribution in [3.05, 3.63) is 30.3 Å². The van der Waals surface area contributed by atoms with Gasteiger partial charge in [-0.2, -0.15) is 0 Å². The molecule has 2 atom stereocenters. The molecule has 1 aliphatic heterocycles. The third kappa shape index (κ3) is 2.94. The van der Waals surface area contributed by atoms with Crippen LogP contribution in [0.25, 0.3) is 0 Å². The topological polar surface area (TPSA) is 12.5 Å². The molecule has 1 aliphatic rings. The van der Waals surface area contributed by atoms with Crippen molar-refractivity contribution in [3.8, 4) is 0 Å². The molecule has 1 heterocycles. The molecule has 2 nitrogen and oxygen atoms in total. The zero-order valence-electron chi connectivity index (χ0n) is 12.6. The zero-order valence-corrected chi connectivity index (χ0v) is 12.6. The first-order chi connectivity index (χ1) is 9.22. The molecule has 0 aliphatic carbocycles. The van der Waals surface area contributed by atoms with Crippen LogP contribution in [0.1, 0.15) is 46.0 Å². The van der Waals surface area contributed by atoms with E-state index in [0.717, 1.165) is 6.54 Å². The van der Waals surface area contributed by atoms with E-state index in [-0.39, 0.29) is 5.72 Å². The highest BCUT2D eigenvalue weighted by Gasteiger charge is 2.42. The molecular weight excluding hydrogens is 234 g/mol. The summed E-state index contributed by atoms with van der Waals surface area (Å²) in [6.07, 6.45) is 6.38. The molecule has 106 valence electrons. The Hall–Kier alpha value is -1.02. The Morgan fingerprint density at radius 2 is 2.05 bits per heavy atom. The van der Waals surface area contributed by atoms with Gasteiger partial charge >= 0.3 is 0 Å². The fourth-order valence-electron chi connectivity index (χ4n) is 3.34. The van der Waals surface area contributed by atoms with Crippen LogP contribution in [-0.2, 0) is 4.74 Å². The highest BCUT2D eigenvalue weighted by atomic mass is 16.5. The maximum Gasteiger partial charge on any atom is 0.140 e. The lowest BCUT2D eigenvalue weighted by molar-refractivity contribution is -0.0638. The Bertz CT molecular complexity index is 378. The van der Waals surface area contributed by atoms with E-state index in [4.69, 9.17) is 4.74 Å². The molecule has 1 saturated heterocycles. The molecule has 0 N–H and O–H groups in total. The highest BCUT2D eigenvalue weighted by Crippen LogP contribution is 2.40. The number of methoxy groups -OCH3 is 1. The van der Waals surface area contributed by atoms with Gasteiger partial charge in [0.05, 0.1) is 0 Å². The molecule has 1 aromatic carbocycles. The molecule has 2 rings (SSSR count). The first-order valence-corrected chi connectivity index (χ1v) is 7.60. The number of hydrogen-bond donors (Lipinski definition) is 0. The summed E-state index contributed by atoms with van der Waals surface area (Å²) in [4.78, 5) is 2.46. The maximum absolute atomic E-state index is 5.98. The summed E-state index contributed by atoms with van der Waals surface area (Å²) >= 11 is 0. The standard InChI is InChI=1S/C17H27NO/c1-4-5-10-15-11-9-14-18(17(15,2)19-3)16-12-7-6-8-13-16/h6-8,12-13,15H,4-5,9-11,14H2,1-3H3. The highest BCUT2D eigenvalue weighted by molar-refractivity contribution is 5.48.